The summed E-state index contributed by atoms with van der Waals surface area (Å²) in [4.78, 5) is 25.4. The number of aromatic nitrogens is 2. The van der Waals surface area contributed by atoms with Gasteiger partial charge in [0, 0.05) is 36.1 Å². The van der Waals surface area contributed by atoms with Gasteiger partial charge in [-0.15, -0.1) is 11.3 Å². The molecule has 0 saturated carbocycles. The van der Waals surface area contributed by atoms with E-state index in [1.165, 1.54) is 16.9 Å². The quantitative estimate of drug-likeness (QED) is 0.713. The fourth-order valence-electron chi connectivity index (χ4n) is 3.50. The molecule has 0 spiro atoms. The van der Waals surface area contributed by atoms with Gasteiger partial charge >= 0.3 is 0 Å². The van der Waals surface area contributed by atoms with Gasteiger partial charge in [0.05, 0.1) is 4.88 Å². The van der Waals surface area contributed by atoms with E-state index >= 15 is 0 Å². The van der Waals surface area contributed by atoms with E-state index in [1.54, 1.807) is 23.7 Å². The predicted octanol–water partition coefficient (Wildman–Crippen LogP) is 4.44. The molecule has 0 radical (unpaired) electrons. The van der Waals surface area contributed by atoms with Crippen LogP contribution in [-0.2, 0) is 6.54 Å². The minimum Gasteiger partial charge on any atom is -0.306 e. The maximum atomic E-state index is 12.6. The largest absolute Gasteiger partial charge is 0.306 e. The lowest BCUT2D eigenvalue weighted by atomic mass is 10.1. The molecule has 138 valence electrons. The number of pyridine rings is 2. The summed E-state index contributed by atoms with van der Waals surface area (Å²) in [6, 6.07) is 12.3. The van der Waals surface area contributed by atoms with Crippen LogP contribution in [0, 0.1) is 6.92 Å². The highest BCUT2D eigenvalue weighted by atomic mass is 32.1. The van der Waals surface area contributed by atoms with Crippen LogP contribution in [0.3, 0.4) is 0 Å². The molecule has 5 nitrogen and oxygen atoms in total. The Kier molecular flexibility index (Phi) is 5.27. The molecule has 3 aromatic rings. The van der Waals surface area contributed by atoms with Gasteiger partial charge in [-0.25, -0.2) is 4.98 Å². The predicted molar refractivity (Wildman–Crippen MR) is 108 cm³/mol. The summed E-state index contributed by atoms with van der Waals surface area (Å²) in [5, 5.41) is 2.89. The number of thiophene rings is 1. The minimum absolute atomic E-state index is 0.0962. The lowest BCUT2D eigenvalue weighted by molar-refractivity contribution is 0.103. The summed E-state index contributed by atoms with van der Waals surface area (Å²) >= 11 is 1.58. The summed E-state index contributed by atoms with van der Waals surface area (Å²) in [5.74, 6) is 0.496. The third-order valence-electron chi connectivity index (χ3n) is 4.81. The molecule has 1 saturated heterocycles. The van der Waals surface area contributed by atoms with Gasteiger partial charge in [-0.3, -0.25) is 14.7 Å². The Morgan fingerprint density at radius 1 is 1.30 bits per heavy atom. The fourth-order valence-corrected chi connectivity index (χ4v) is 4.57. The second-order valence-corrected chi connectivity index (χ2v) is 7.98. The maximum Gasteiger partial charge on any atom is 0.266 e. The van der Waals surface area contributed by atoms with Crippen molar-refractivity contribution in [3.8, 4) is 0 Å². The molecule has 1 amide bonds. The molecule has 4 rings (SSSR count). The van der Waals surface area contributed by atoms with Gasteiger partial charge in [-0.2, -0.15) is 0 Å². The second kappa shape index (κ2) is 7.98. The molecule has 1 atom stereocenters. The fraction of sp³-hybridized carbons (Fsp3) is 0.286. The summed E-state index contributed by atoms with van der Waals surface area (Å²) in [7, 11) is 0. The van der Waals surface area contributed by atoms with E-state index in [0.717, 1.165) is 30.0 Å². The van der Waals surface area contributed by atoms with Crippen molar-refractivity contribution in [2.75, 3.05) is 11.9 Å². The number of nitrogens with one attached hydrogen (secondary N) is 1. The monoisotopic (exact) mass is 378 g/mol. The van der Waals surface area contributed by atoms with Crippen LogP contribution >= 0.6 is 11.3 Å². The number of carbonyl (C=O) groups excluding carboxylic acids is 1. The van der Waals surface area contributed by atoms with Crippen LogP contribution in [0.25, 0.3) is 0 Å². The molecule has 1 aliphatic heterocycles. The summed E-state index contributed by atoms with van der Waals surface area (Å²) in [6.07, 6.45) is 7.74. The molecule has 3 aromatic heterocycles. The number of hydrogen-bond donors (Lipinski definition) is 1. The van der Waals surface area contributed by atoms with Crippen molar-refractivity contribution < 1.29 is 4.79 Å². The zero-order valence-electron chi connectivity index (χ0n) is 15.3. The first-order chi connectivity index (χ1) is 13.2. The Balaban J connectivity index is 1.45. The first-order valence-corrected chi connectivity index (χ1v) is 9.97. The molecule has 0 unspecified atom stereocenters. The molecule has 1 fully saturated rings. The molecule has 0 aliphatic carbocycles. The van der Waals surface area contributed by atoms with E-state index < -0.39 is 0 Å². The topological polar surface area (TPSA) is 58.1 Å². The van der Waals surface area contributed by atoms with Crippen molar-refractivity contribution in [1.82, 2.24) is 14.9 Å². The Hall–Kier alpha value is -2.57. The Labute approximate surface area is 163 Å². The molecule has 4 heterocycles. The third-order valence-corrected chi connectivity index (χ3v) is 5.99. The molecular weight excluding hydrogens is 356 g/mol. The molecule has 27 heavy (non-hydrogen) atoms. The summed E-state index contributed by atoms with van der Waals surface area (Å²) in [6.45, 7) is 3.95. The van der Waals surface area contributed by atoms with Gasteiger partial charge in [0.1, 0.15) is 5.82 Å². The summed E-state index contributed by atoms with van der Waals surface area (Å²) in [5.41, 5.74) is 2.30. The maximum absolute atomic E-state index is 12.6. The van der Waals surface area contributed by atoms with Crippen molar-refractivity contribution in [2.24, 2.45) is 0 Å². The standard InChI is InChI=1S/C21H22N4OS/c1-15-8-10-23-20(12-15)24-21(26)19-7-6-18(27-19)17-5-3-11-25(17)14-16-4-2-9-22-13-16/h2,4,6-10,12-13,17H,3,5,11,14H2,1H3,(H,23,24,26)/t17-/m1/s1. The number of nitrogens with zero attached hydrogens (tertiary/aromatic N) is 3. The second-order valence-electron chi connectivity index (χ2n) is 6.86. The smallest absolute Gasteiger partial charge is 0.266 e. The highest BCUT2D eigenvalue weighted by molar-refractivity contribution is 7.14. The minimum atomic E-state index is -0.0962. The van der Waals surface area contributed by atoms with Crippen molar-refractivity contribution in [1.29, 1.82) is 0 Å². The normalized spacial score (nSPS) is 17.1. The molecule has 0 aromatic carbocycles. The first-order valence-electron chi connectivity index (χ1n) is 9.16. The highest BCUT2D eigenvalue weighted by Gasteiger charge is 2.27. The van der Waals surface area contributed by atoms with E-state index in [9.17, 15) is 4.79 Å². The molecule has 0 bridgehead atoms. The van der Waals surface area contributed by atoms with E-state index in [-0.39, 0.29) is 5.91 Å². The van der Waals surface area contributed by atoms with E-state index in [2.05, 4.69) is 32.3 Å². The van der Waals surface area contributed by atoms with Crippen molar-refractivity contribution >= 4 is 23.1 Å². The molecular formula is C21H22N4OS. The average molecular weight is 379 g/mol. The number of rotatable bonds is 5. The van der Waals surface area contributed by atoms with Crippen LogP contribution < -0.4 is 5.32 Å². The Bertz CT molecular complexity index is 925. The van der Waals surface area contributed by atoms with Gasteiger partial charge in [0.2, 0.25) is 0 Å². The lowest BCUT2D eigenvalue weighted by Crippen LogP contribution is -2.22. The third kappa shape index (κ3) is 4.23. The Morgan fingerprint density at radius 3 is 3.04 bits per heavy atom. The van der Waals surface area contributed by atoms with E-state index in [0.29, 0.717) is 11.9 Å². The molecule has 6 heteroatoms. The zero-order valence-corrected chi connectivity index (χ0v) is 16.1. The van der Waals surface area contributed by atoms with Gasteiger partial charge in [-0.05, 0) is 67.8 Å². The number of likely N-dealkylation sites (tertiary alicyclic amines) is 1. The van der Waals surface area contributed by atoms with Crippen LogP contribution in [0.2, 0.25) is 0 Å². The van der Waals surface area contributed by atoms with Gasteiger partial charge < -0.3 is 5.32 Å². The number of anilines is 1. The Morgan fingerprint density at radius 2 is 2.22 bits per heavy atom. The van der Waals surface area contributed by atoms with Crippen molar-refractivity contribution in [3.05, 3.63) is 75.9 Å². The average Bonchev–Trinajstić information content (AvgIpc) is 3.32. The number of hydrogen-bond acceptors (Lipinski definition) is 5. The van der Waals surface area contributed by atoms with Crippen LogP contribution in [0.5, 0.6) is 0 Å². The first kappa shape index (κ1) is 17.8. The SMILES string of the molecule is Cc1ccnc(NC(=O)c2ccc([C@H]3CCCN3Cc3cccnc3)s2)c1. The number of aryl methyl sites for hydroxylation is 1. The molecule has 1 aliphatic rings. The number of carbonyl (C=O) groups is 1. The van der Waals surface area contributed by atoms with E-state index in [4.69, 9.17) is 0 Å². The number of amides is 1. The van der Waals surface area contributed by atoms with Crippen molar-refractivity contribution in [2.45, 2.75) is 32.4 Å². The van der Waals surface area contributed by atoms with Crippen LogP contribution in [-0.4, -0.2) is 27.3 Å². The summed E-state index contributed by atoms with van der Waals surface area (Å²) < 4.78 is 0. The van der Waals surface area contributed by atoms with Gasteiger partial charge in [-0.1, -0.05) is 6.07 Å². The van der Waals surface area contributed by atoms with Crippen molar-refractivity contribution in [3.63, 3.8) is 0 Å². The zero-order chi connectivity index (χ0) is 18.6. The van der Waals surface area contributed by atoms with Gasteiger partial charge in [0.15, 0.2) is 0 Å². The van der Waals surface area contributed by atoms with Crippen LogP contribution in [0.4, 0.5) is 5.82 Å². The highest BCUT2D eigenvalue weighted by Crippen LogP contribution is 2.36. The molecule has 1 N–H and O–H groups in total. The van der Waals surface area contributed by atoms with Crippen LogP contribution in [0.1, 0.15) is 44.6 Å². The van der Waals surface area contributed by atoms with Crippen LogP contribution in [0.15, 0.2) is 55.0 Å². The lowest BCUT2D eigenvalue weighted by Gasteiger charge is -2.23. The van der Waals surface area contributed by atoms with Gasteiger partial charge in [0.25, 0.3) is 5.91 Å². The van der Waals surface area contributed by atoms with E-state index in [1.807, 2.05) is 37.4 Å².